The third kappa shape index (κ3) is 3.24. The van der Waals surface area contributed by atoms with E-state index in [0.717, 1.165) is 26.9 Å². The van der Waals surface area contributed by atoms with Crippen LogP contribution in [0, 0.1) is 20.8 Å². The Kier molecular flexibility index (Phi) is 4.05. The molecule has 0 spiro atoms. The van der Waals surface area contributed by atoms with Gasteiger partial charge in [-0.1, -0.05) is 28.1 Å². The van der Waals surface area contributed by atoms with Gasteiger partial charge in [-0.3, -0.25) is 4.79 Å². The van der Waals surface area contributed by atoms with Crippen molar-refractivity contribution in [3.63, 3.8) is 0 Å². The van der Waals surface area contributed by atoms with Crippen LogP contribution in [0.4, 0.5) is 5.69 Å². The van der Waals surface area contributed by atoms with Gasteiger partial charge in [0, 0.05) is 15.7 Å². The first-order valence-electron chi connectivity index (χ1n) is 6.12. The lowest BCUT2D eigenvalue weighted by atomic mass is 10.1. The van der Waals surface area contributed by atoms with Crippen molar-refractivity contribution in [1.29, 1.82) is 0 Å². The fraction of sp³-hybridized carbons (Fsp3) is 0.188. The van der Waals surface area contributed by atoms with Gasteiger partial charge >= 0.3 is 0 Å². The Bertz CT molecular complexity index is 614. The van der Waals surface area contributed by atoms with E-state index in [4.69, 9.17) is 0 Å². The molecule has 1 N–H and O–H groups in total. The van der Waals surface area contributed by atoms with Gasteiger partial charge in [-0.05, 0) is 61.7 Å². The number of rotatable bonds is 2. The van der Waals surface area contributed by atoms with E-state index in [0.29, 0.717) is 5.56 Å². The van der Waals surface area contributed by atoms with Crippen LogP contribution in [0.15, 0.2) is 40.9 Å². The van der Waals surface area contributed by atoms with Gasteiger partial charge < -0.3 is 5.32 Å². The van der Waals surface area contributed by atoms with Crippen LogP contribution < -0.4 is 5.32 Å². The summed E-state index contributed by atoms with van der Waals surface area (Å²) in [5.41, 5.74) is 4.75. The van der Waals surface area contributed by atoms with Gasteiger partial charge in [0.15, 0.2) is 0 Å². The number of halogens is 1. The van der Waals surface area contributed by atoms with Gasteiger partial charge in [-0.2, -0.15) is 0 Å². The number of carbonyl (C=O) groups excluding carboxylic acids is 1. The van der Waals surface area contributed by atoms with Crippen LogP contribution in [0.1, 0.15) is 27.0 Å². The number of hydrogen-bond donors (Lipinski definition) is 1. The number of benzene rings is 2. The van der Waals surface area contributed by atoms with Crippen LogP contribution >= 0.6 is 15.9 Å². The molecule has 0 heterocycles. The summed E-state index contributed by atoms with van der Waals surface area (Å²) in [6, 6.07) is 11.7. The smallest absolute Gasteiger partial charge is 0.255 e. The molecule has 0 radical (unpaired) electrons. The fourth-order valence-electron chi connectivity index (χ4n) is 2.10. The number of anilines is 1. The van der Waals surface area contributed by atoms with E-state index in [-0.39, 0.29) is 5.91 Å². The summed E-state index contributed by atoms with van der Waals surface area (Å²) in [6.45, 7) is 5.97. The zero-order valence-electron chi connectivity index (χ0n) is 11.3. The zero-order chi connectivity index (χ0) is 14.0. The monoisotopic (exact) mass is 317 g/mol. The summed E-state index contributed by atoms with van der Waals surface area (Å²) in [5.74, 6) is -0.0798. The van der Waals surface area contributed by atoms with Crippen molar-refractivity contribution in [1.82, 2.24) is 0 Å². The van der Waals surface area contributed by atoms with E-state index < -0.39 is 0 Å². The lowest BCUT2D eigenvalue weighted by Gasteiger charge is -2.10. The molecule has 0 aliphatic rings. The minimum absolute atomic E-state index is 0.0798. The van der Waals surface area contributed by atoms with Crippen LogP contribution in [0.5, 0.6) is 0 Å². The Hall–Kier alpha value is -1.61. The van der Waals surface area contributed by atoms with Crippen LogP contribution in [0.25, 0.3) is 0 Å². The highest BCUT2D eigenvalue weighted by Gasteiger charge is 2.11. The molecule has 0 aliphatic heterocycles. The van der Waals surface area contributed by atoms with Gasteiger partial charge in [0.2, 0.25) is 0 Å². The Morgan fingerprint density at radius 2 is 1.68 bits per heavy atom. The molecule has 2 nitrogen and oxygen atoms in total. The van der Waals surface area contributed by atoms with Crippen LogP contribution in [-0.2, 0) is 0 Å². The fourth-order valence-corrected chi connectivity index (χ4v) is 2.46. The average molecular weight is 318 g/mol. The first-order chi connectivity index (χ1) is 8.97. The minimum atomic E-state index is -0.0798. The third-order valence-corrected chi connectivity index (χ3v) is 3.85. The van der Waals surface area contributed by atoms with Crippen molar-refractivity contribution in [2.45, 2.75) is 20.8 Å². The van der Waals surface area contributed by atoms with Crippen molar-refractivity contribution in [2.75, 3.05) is 5.32 Å². The standard InChI is InChI=1S/C16H16BrNO/c1-10-7-11(2)9-13(8-10)18-16(19)14-5-4-6-15(17)12(14)3/h4-9H,1-3H3,(H,18,19). The molecule has 0 aliphatic carbocycles. The lowest BCUT2D eigenvalue weighted by molar-refractivity contribution is 0.102. The Labute approximate surface area is 122 Å². The summed E-state index contributed by atoms with van der Waals surface area (Å²) in [6.07, 6.45) is 0. The van der Waals surface area contributed by atoms with Crippen LogP contribution in [0.3, 0.4) is 0 Å². The Balaban J connectivity index is 2.28. The molecule has 2 aromatic carbocycles. The molecule has 0 fully saturated rings. The minimum Gasteiger partial charge on any atom is -0.322 e. The van der Waals surface area contributed by atoms with Gasteiger partial charge in [-0.15, -0.1) is 0 Å². The summed E-state index contributed by atoms with van der Waals surface area (Å²) in [4.78, 5) is 12.3. The number of carbonyl (C=O) groups is 1. The molecule has 0 atom stereocenters. The van der Waals surface area contributed by atoms with E-state index in [2.05, 4.69) is 27.3 Å². The molecule has 0 saturated carbocycles. The molecule has 2 rings (SSSR count). The Morgan fingerprint density at radius 3 is 2.32 bits per heavy atom. The molecule has 1 amide bonds. The molecule has 0 aromatic heterocycles. The first-order valence-corrected chi connectivity index (χ1v) is 6.91. The molecule has 19 heavy (non-hydrogen) atoms. The second-order valence-electron chi connectivity index (χ2n) is 4.74. The first kappa shape index (κ1) is 13.8. The highest BCUT2D eigenvalue weighted by molar-refractivity contribution is 9.10. The van der Waals surface area contributed by atoms with Gasteiger partial charge in [0.05, 0.1) is 0 Å². The van der Waals surface area contributed by atoms with E-state index in [1.807, 2.05) is 51.1 Å². The summed E-state index contributed by atoms with van der Waals surface area (Å²) < 4.78 is 0.945. The quantitative estimate of drug-likeness (QED) is 0.859. The number of nitrogens with one attached hydrogen (secondary N) is 1. The van der Waals surface area contributed by atoms with Gasteiger partial charge in [0.1, 0.15) is 0 Å². The molecule has 0 saturated heterocycles. The normalized spacial score (nSPS) is 10.3. The number of hydrogen-bond acceptors (Lipinski definition) is 1. The second-order valence-corrected chi connectivity index (χ2v) is 5.60. The van der Waals surface area contributed by atoms with E-state index in [9.17, 15) is 4.79 Å². The SMILES string of the molecule is Cc1cc(C)cc(NC(=O)c2cccc(Br)c2C)c1. The number of amides is 1. The highest BCUT2D eigenvalue weighted by Crippen LogP contribution is 2.21. The maximum atomic E-state index is 12.3. The molecular weight excluding hydrogens is 302 g/mol. The van der Waals surface area contributed by atoms with E-state index in [1.54, 1.807) is 0 Å². The molecule has 0 bridgehead atoms. The summed E-state index contributed by atoms with van der Waals surface area (Å²) in [7, 11) is 0. The van der Waals surface area contributed by atoms with Crippen LogP contribution in [0.2, 0.25) is 0 Å². The topological polar surface area (TPSA) is 29.1 Å². The Morgan fingerprint density at radius 1 is 1.05 bits per heavy atom. The van der Waals surface area contributed by atoms with Crippen molar-refractivity contribution < 1.29 is 4.79 Å². The second kappa shape index (κ2) is 5.57. The largest absolute Gasteiger partial charge is 0.322 e. The van der Waals surface area contributed by atoms with E-state index >= 15 is 0 Å². The zero-order valence-corrected chi connectivity index (χ0v) is 12.8. The molecule has 2 aromatic rings. The van der Waals surface area contributed by atoms with Gasteiger partial charge in [-0.25, -0.2) is 0 Å². The van der Waals surface area contributed by atoms with Crippen LogP contribution in [-0.4, -0.2) is 5.91 Å². The van der Waals surface area contributed by atoms with Gasteiger partial charge in [0.25, 0.3) is 5.91 Å². The lowest BCUT2D eigenvalue weighted by Crippen LogP contribution is -2.13. The highest BCUT2D eigenvalue weighted by atomic mass is 79.9. The maximum Gasteiger partial charge on any atom is 0.255 e. The molecule has 98 valence electrons. The third-order valence-electron chi connectivity index (χ3n) is 2.99. The van der Waals surface area contributed by atoms with Crippen molar-refractivity contribution in [3.05, 3.63) is 63.1 Å². The number of aryl methyl sites for hydroxylation is 2. The maximum absolute atomic E-state index is 12.3. The van der Waals surface area contributed by atoms with Crippen molar-refractivity contribution >= 4 is 27.5 Å². The molecular formula is C16H16BrNO. The average Bonchev–Trinajstić information content (AvgIpc) is 2.31. The summed E-state index contributed by atoms with van der Waals surface area (Å²) >= 11 is 3.44. The van der Waals surface area contributed by atoms with Crippen molar-refractivity contribution in [2.24, 2.45) is 0 Å². The predicted octanol–water partition coefficient (Wildman–Crippen LogP) is 4.63. The summed E-state index contributed by atoms with van der Waals surface area (Å²) in [5, 5.41) is 2.95. The molecule has 0 unspecified atom stereocenters. The predicted molar refractivity (Wildman–Crippen MR) is 82.7 cm³/mol. The van der Waals surface area contributed by atoms with E-state index in [1.165, 1.54) is 0 Å². The van der Waals surface area contributed by atoms with Crippen molar-refractivity contribution in [3.8, 4) is 0 Å². The molecule has 3 heteroatoms.